The quantitative estimate of drug-likeness (QED) is 0.523. The van der Waals surface area contributed by atoms with Gasteiger partial charge in [0, 0.05) is 30.2 Å². The maximum absolute atomic E-state index is 14.0. The van der Waals surface area contributed by atoms with Crippen LogP contribution in [-0.2, 0) is 4.74 Å². The highest BCUT2D eigenvalue weighted by atomic mass is 79.9. The minimum Gasteiger partial charge on any atom is -0.444 e. The average Bonchev–Trinajstić information content (AvgIpc) is 2.77. The Morgan fingerprint density at radius 2 is 1.83 bits per heavy atom. The molecule has 35 heavy (non-hydrogen) atoms. The van der Waals surface area contributed by atoms with Crippen molar-refractivity contribution >= 4 is 39.5 Å². The zero-order valence-corrected chi connectivity index (χ0v) is 21.4. The molecule has 1 aliphatic rings. The fourth-order valence-corrected chi connectivity index (χ4v) is 4.09. The average molecular weight is 552 g/mol. The van der Waals surface area contributed by atoms with Crippen LogP contribution in [0.25, 0.3) is 0 Å². The second kappa shape index (κ2) is 11.2. The number of piperidine rings is 1. The van der Waals surface area contributed by atoms with E-state index >= 15 is 0 Å². The Balaban J connectivity index is 1.66. The molecule has 1 aliphatic heterocycles. The lowest BCUT2D eigenvalue weighted by atomic mass is 9.98. The summed E-state index contributed by atoms with van der Waals surface area (Å²) in [5.41, 5.74) is -0.574. The summed E-state index contributed by atoms with van der Waals surface area (Å²) in [4.78, 5) is 39.6. The molecule has 0 unspecified atom stereocenters. The zero-order chi connectivity index (χ0) is 25.8. The first kappa shape index (κ1) is 26.6. The predicted octanol–water partition coefficient (Wildman–Crippen LogP) is 5.36. The molecule has 1 heterocycles. The van der Waals surface area contributed by atoms with E-state index in [4.69, 9.17) is 4.74 Å². The number of amides is 3. The second-order valence-corrected chi connectivity index (χ2v) is 10.3. The number of nitrogens with one attached hydrogen (secondary N) is 2. The zero-order valence-electron chi connectivity index (χ0n) is 19.8. The van der Waals surface area contributed by atoms with Crippen molar-refractivity contribution in [1.29, 1.82) is 0 Å². The van der Waals surface area contributed by atoms with Gasteiger partial charge in [-0.2, -0.15) is 0 Å². The number of anilines is 1. The van der Waals surface area contributed by atoms with Crippen LogP contribution in [0.15, 0.2) is 40.9 Å². The van der Waals surface area contributed by atoms with Gasteiger partial charge in [0.15, 0.2) is 0 Å². The molecule has 0 aromatic heterocycles. The number of ether oxygens (including phenoxy) is 1. The third kappa shape index (κ3) is 7.48. The van der Waals surface area contributed by atoms with Crippen molar-refractivity contribution < 1.29 is 27.9 Å². The van der Waals surface area contributed by atoms with Gasteiger partial charge in [-0.1, -0.05) is 15.9 Å². The van der Waals surface area contributed by atoms with Gasteiger partial charge < -0.3 is 20.3 Å². The number of carbonyl (C=O) groups is 3. The number of likely N-dealkylation sites (tertiary alicyclic amines) is 1. The molecule has 3 amide bonds. The molecule has 0 saturated carbocycles. The number of nitrogens with zero attached hydrogens (tertiary/aromatic N) is 1. The maximum atomic E-state index is 14.0. The highest BCUT2D eigenvalue weighted by molar-refractivity contribution is 9.10. The third-order valence-corrected chi connectivity index (χ3v) is 5.87. The highest BCUT2D eigenvalue weighted by Crippen LogP contribution is 2.24. The van der Waals surface area contributed by atoms with Crippen LogP contribution in [0.2, 0.25) is 0 Å². The fourth-order valence-electron chi connectivity index (χ4n) is 3.73. The summed E-state index contributed by atoms with van der Waals surface area (Å²) < 4.78 is 33.2. The number of halogens is 3. The highest BCUT2D eigenvalue weighted by Gasteiger charge is 2.28. The minimum absolute atomic E-state index is 0.0405. The Morgan fingerprint density at radius 3 is 2.51 bits per heavy atom. The van der Waals surface area contributed by atoms with Gasteiger partial charge in [0.2, 0.25) is 0 Å². The summed E-state index contributed by atoms with van der Waals surface area (Å²) >= 11 is 3.32. The lowest BCUT2D eigenvalue weighted by Gasteiger charge is -2.34. The van der Waals surface area contributed by atoms with Crippen LogP contribution in [0.1, 0.15) is 54.3 Å². The monoisotopic (exact) mass is 551 g/mol. The number of carbonyl (C=O) groups excluding carboxylic acids is 3. The standard InChI is InChI=1S/C25H28BrF2N3O4/c1-25(2,3)35-24(34)31-10-4-5-15(14-31)13-29-22(32)19-11-16(26)6-9-21(19)30-23(33)18-8-7-17(27)12-20(18)28/h6-9,11-12,15H,4-5,10,13-14H2,1-3H3,(H,29,32)(H,30,33)/t15-/m1/s1. The van der Waals surface area contributed by atoms with Crippen LogP contribution >= 0.6 is 15.9 Å². The van der Waals surface area contributed by atoms with E-state index in [0.29, 0.717) is 30.2 Å². The lowest BCUT2D eigenvalue weighted by Crippen LogP contribution is -2.45. The number of hydrogen-bond donors (Lipinski definition) is 2. The summed E-state index contributed by atoms with van der Waals surface area (Å²) in [7, 11) is 0. The Kier molecular flexibility index (Phi) is 8.47. The van der Waals surface area contributed by atoms with Gasteiger partial charge in [0.05, 0.1) is 16.8 Å². The Labute approximate surface area is 211 Å². The molecule has 0 spiro atoms. The van der Waals surface area contributed by atoms with Gasteiger partial charge in [-0.05, 0) is 69.9 Å². The molecule has 2 aromatic rings. The Hall–Kier alpha value is -3.01. The van der Waals surface area contributed by atoms with E-state index in [1.54, 1.807) is 17.0 Å². The van der Waals surface area contributed by atoms with Crippen molar-refractivity contribution in [2.75, 3.05) is 25.0 Å². The molecule has 0 aliphatic carbocycles. The number of rotatable bonds is 5. The second-order valence-electron chi connectivity index (χ2n) is 9.41. The molecular weight excluding hydrogens is 524 g/mol. The summed E-state index contributed by atoms with van der Waals surface area (Å²) in [6.07, 6.45) is 1.26. The third-order valence-electron chi connectivity index (χ3n) is 5.37. The SMILES string of the molecule is CC(C)(C)OC(=O)N1CCC[C@H](CNC(=O)c2cc(Br)ccc2NC(=O)c2ccc(F)cc2F)C1. The van der Waals surface area contributed by atoms with Crippen molar-refractivity contribution in [3.63, 3.8) is 0 Å². The molecule has 0 bridgehead atoms. The van der Waals surface area contributed by atoms with Gasteiger partial charge in [0.25, 0.3) is 11.8 Å². The smallest absolute Gasteiger partial charge is 0.410 e. The van der Waals surface area contributed by atoms with E-state index in [0.717, 1.165) is 25.0 Å². The van der Waals surface area contributed by atoms with Gasteiger partial charge in [-0.25, -0.2) is 13.6 Å². The van der Waals surface area contributed by atoms with Crippen LogP contribution in [0.5, 0.6) is 0 Å². The van der Waals surface area contributed by atoms with Crippen molar-refractivity contribution in [2.45, 2.75) is 39.2 Å². The van der Waals surface area contributed by atoms with E-state index in [2.05, 4.69) is 26.6 Å². The summed E-state index contributed by atoms with van der Waals surface area (Å²) in [6.45, 7) is 6.81. The van der Waals surface area contributed by atoms with Crippen LogP contribution in [0, 0.1) is 17.6 Å². The number of benzene rings is 2. The van der Waals surface area contributed by atoms with Gasteiger partial charge >= 0.3 is 6.09 Å². The first-order valence-electron chi connectivity index (χ1n) is 11.2. The molecule has 1 fully saturated rings. The molecule has 1 saturated heterocycles. The van der Waals surface area contributed by atoms with E-state index < -0.39 is 29.0 Å². The molecule has 3 rings (SSSR count). The first-order chi connectivity index (χ1) is 16.4. The van der Waals surface area contributed by atoms with Gasteiger partial charge in [-0.3, -0.25) is 9.59 Å². The first-order valence-corrected chi connectivity index (χ1v) is 12.0. The van der Waals surface area contributed by atoms with Crippen LogP contribution in [0.4, 0.5) is 19.3 Å². The molecule has 2 aromatic carbocycles. The minimum atomic E-state index is -1.00. The van der Waals surface area contributed by atoms with E-state index in [1.807, 2.05) is 20.8 Å². The predicted molar refractivity (Wildman–Crippen MR) is 131 cm³/mol. The molecule has 188 valence electrons. The lowest BCUT2D eigenvalue weighted by molar-refractivity contribution is 0.0167. The van der Waals surface area contributed by atoms with E-state index in [1.165, 1.54) is 6.07 Å². The molecule has 7 nitrogen and oxygen atoms in total. The van der Waals surface area contributed by atoms with E-state index in [9.17, 15) is 23.2 Å². The van der Waals surface area contributed by atoms with Gasteiger partial charge in [0.1, 0.15) is 17.2 Å². The van der Waals surface area contributed by atoms with Crippen molar-refractivity contribution in [3.8, 4) is 0 Å². The van der Waals surface area contributed by atoms with Crippen LogP contribution < -0.4 is 10.6 Å². The maximum Gasteiger partial charge on any atom is 0.410 e. The van der Waals surface area contributed by atoms with Crippen molar-refractivity contribution in [3.05, 3.63) is 63.6 Å². The fraction of sp³-hybridized carbons (Fsp3) is 0.400. The van der Waals surface area contributed by atoms with Gasteiger partial charge in [-0.15, -0.1) is 0 Å². The van der Waals surface area contributed by atoms with Crippen LogP contribution in [-0.4, -0.2) is 48.0 Å². The van der Waals surface area contributed by atoms with Crippen molar-refractivity contribution in [2.24, 2.45) is 5.92 Å². The Bertz CT molecular complexity index is 1120. The van der Waals surface area contributed by atoms with E-state index in [-0.39, 0.29) is 28.8 Å². The summed E-state index contributed by atoms with van der Waals surface area (Å²) in [5, 5.41) is 5.39. The van der Waals surface area contributed by atoms with Crippen molar-refractivity contribution in [1.82, 2.24) is 10.2 Å². The molecule has 2 N–H and O–H groups in total. The number of hydrogen-bond acceptors (Lipinski definition) is 4. The molecule has 10 heteroatoms. The Morgan fingerprint density at radius 1 is 1.09 bits per heavy atom. The van der Waals surface area contributed by atoms with Crippen LogP contribution in [0.3, 0.4) is 0 Å². The summed E-state index contributed by atoms with van der Waals surface area (Å²) in [5.74, 6) is -3.00. The summed E-state index contributed by atoms with van der Waals surface area (Å²) in [6, 6.07) is 7.33. The molecule has 1 atom stereocenters. The normalized spacial score (nSPS) is 15.9. The molecule has 0 radical (unpaired) electrons. The topological polar surface area (TPSA) is 87.7 Å². The largest absolute Gasteiger partial charge is 0.444 e. The molecular formula is C25H28BrF2N3O4.